The Hall–Kier alpha value is -1.54. The third kappa shape index (κ3) is 6.62. The second kappa shape index (κ2) is 8.35. The van der Waals surface area contributed by atoms with Gasteiger partial charge in [-0.1, -0.05) is 0 Å². The number of alkyl halides is 3. The largest absolute Gasteiger partial charge is 0.468 e. The van der Waals surface area contributed by atoms with Gasteiger partial charge in [-0.05, 0) is 31.7 Å². The van der Waals surface area contributed by atoms with Gasteiger partial charge in [-0.15, -0.1) is 12.4 Å². The Bertz CT molecular complexity index is 503. The number of nitrogens with two attached hydrogens (primary N) is 1. The summed E-state index contributed by atoms with van der Waals surface area (Å²) >= 11 is 0. The van der Waals surface area contributed by atoms with Gasteiger partial charge >= 0.3 is 6.18 Å². The van der Waals surface area contributed by atoms with Gasteiger partial charge < -0.3 is 15.8 Å². The van der Waals surface area contributed by atoms with Gasteiger partial charge in [0.2, 0.25) is 5.88 Å². The van der Waals surface area contributed by atoms with Gasteiger partial charge in [0.25, 0.3) is 5.91 Å². The first kappa shape index (κ1) is 19.5. The van der Waals surface area contributed by atoms with Crippen molar-refractivity contribution in [2.24, 2.45) is 5.73 Å². The van der Waals surface area contributed by atoms with E-state index in [0.717, 1.165) is 25.7 Å². The molecule has 0 aromatic carbocycles. The molecule has 0 bridgehead atoms. The van der Waals surface area contributed by atoms with Crippen LogP contribution in [-0.2, 0) is 0 Å². The Morgan fingerprint density at radius 3 is 2.48 bits per heavy atom. The number of carbonyl (C=O) groups excluding carboxylic acids is 1. The van der Waals surface area contributed by atoms with Crippen molar-refractivity contribution in [3.63, 3.8) is 0 Å². The van der Waals surface area contributed by atoms with E-state index in [2.05, 4.69) is 15.0 Å². The topological polar surface area (TPSA) is 77.2 Å². The van der Waals surface area contributed by atoms with Gasteiger partial charge in [-0.3, -0.25) is 4.79 Å². The number of aromatic nitrogens is 1. The molecule has 23 heavy (non-hydrogen) atoms. The van der Waals surface area contributed by atoms with Crippen LogP contribution in [-0.4, -0.2) is 35.8 Å². The molecule has 2 rings (SSSR count). The minimum atomic E-state index is -4.42. The lowest BCUT2D eigenvalue weighted by atomic mass is 9.92. The molecule has 1 aliphatic carbocycles. The van der Waals surface area contributed by atoms with Crippen LogP contribution in [0, 0.1) is 0 Å². The Morgan fingerprint density at radius 1 is 1.30 bits per heavy atom. The minimum absolute atomic E-state index is 0. The smallest absolute Gasteiger partial charge is 0.422 e. The Kier molecular flexibility index (Phi) is 7.08. The Balaban J connectivity index is 0.00000264. The third-order valence-corrected chi connectivity index (χ3v) is 3.49. The normalized spacial score (nSPS) is 21.2. The zero-order valence-electron chi connectivity index (χ0n) is 12.3. The quantitative estimate of drug-likeness (QED) is 0.871. The fourth-order valence-corrected chi connectivity index (χ4v) is 2.29. The molecule has 3 N–H and O–H groups in total. The van der Waals surface area contributed by atoms with Crippen molar-refractivity contribution in [3.05, 3.63) is 23.9 Å². The summed E-state index contributed by atoms with van der Waals surface area (Å²) in [5.41, 5.74) is 6.08. The highest BCUT2D eigenvalue weighted by molar-refractivity contribution is 5.94. The summed E-state index contributed by atoms with van der Waals surface area (Å²) in [5, 5.41) is 2.88. The summed E-state index contributed by atoms with van der Waals surface area (Å²) in [6, 6.07) is 2.91. The third-order valence-electron chi connectivity index (χ3n) is 3.49. The van der Waals surface area contributed by atoms with Gasteiger partial charge in [0.1, 0.15) is 0 Å². The molecule has 1 amide bonds. The molecule has 1 aliphatic rings. The van der Waals surface area contributed by atoms with Crippen LogP contribution in [0.5, 0.6) is 5.88 Å². The number of amides is 1. The molecule has 1 heterocycles. The summed E-state index contributed by atoms with van der Waals surface area (Å²) in [6.07, 6.45) is 0.177. The van der Waals surface area contributed by atoms with Gasteiger partial charge in [0.15, 0.2) is 6.61 Å². The summed E-state index contributed by atoms with van der Waals surface area (Å²) in [7, 11) is 0. The number of nitrogens with one attached hydrogen (secondary N) is 1. The van der Waals surface area contributed by atoms with E-state index in [1.807, 2.05) is 0 Å². The zero-order chi connectivity index (χ0) is 16.2. The monoisotopic (exact) mass is 353 g/mol. The number of rotatable bonds is 4. The van der Waals surface area contributed by atoms with Crippen LogP contribution in [0.25, 0.3) is 0 Å². The maximum atomic E-state index is 12.0. The number of hydrogen-bond donors (Lipinski definition) is 2. The fraction of sp³-hybridized carbons (Fsp3) is 0.571. The van der Waals surface area contributed by atoms with Gasteiger partial charge in [-0.25, -0.2) is 4.98 Å². The Labute approximate surface area is 138 Å². The average Bonchev–Trinajstić information content (AvgIpc) is 2.47. The highest BCUT2D eigenvalue weighted by Gasteiger charge is 2.28. The fourth-order valence-electron chi connectivity index (χ4n) is 2.29. The number of ether oxygens (including phenoxy) is 1. The summed E-state index contributed by atoms with van der Waals surface area (Å²) in [5.74, 6) is -0.465. The van der Waals surface area contributed by atoms with Crippen LogP contribution in [0.15, 0.2) is 18.3 Å². The molecule has 0 radical (unpaired) electrons. The van der Waals surface area contributed by atoms with E-state index in [4.69, 9.17) is 5.73 Å². The van der Waals surface area contributed by atoms with E-state index in [1.54, 1.807) is 0 Å². The molecule has 1 aromatic rings. The van der Waals surface area contributed by atoms with Crippen molar-refractivity contribution in [3.8, 4) is 5.88 Å². The average molecular weight is 354 g/mol. The molecule has 0 spiro atoms. The zero-order valence-corrected chi connectivity index (χ0v) is 13.1. The predicted molar refractivity (Wildman–Crippen MR) is 80.7 cm³/mol. The second-order valence-electron chi connectivity index (χ2n) is 5.37. The Morgan fingerprint density at radius 2 is 1.96 bits per heavy atom. The molecule has 1 aromatic heterocycles. The van der Waals surface area contributed by atoms with Crippen molar-refractivity contribution >= 4 is 18.3 Å². The van der Waals surface area contributed by atoms with Crippen molar-refractivity contribution in [1.82, 2.24) is 10.3 Å². The molecule has 9 heteroatoms. The van der Waals surface area contributed by atoms with Crippen molar-refractivity contribution in [1.29, 1.82) is 0 Å². The summed E-state index contributed by atoms with van der Waals surface area (Å²) in [4.78, 5) is 15.7. The van der Waals surface area contributed by atoms with Crippen LogP contribution in [0.3, 0.4) is 0 Å². The first-order valence-corrected chi connectivity index (χ1v) is 7.05. The lowest BCUT2D eigenvalue weighted by Crippen LogP contribution is -2.40. The maximum Gasteiger partial charge on any atom is 0.422 e. The maximum absolute atomic E-state index is 12.0. The number of nitrogens with zero attached hydrogens (tertiary/aromatic N) is 1. The number of pyridine rings is 1. The van der Waals surface area contributed by atoms with E-state index in [-0.39, 0.29) is 41.8 Å². The van der Waals surface area contributed by atoms with Crippen LogP contribution < -0.4 is 15.8 Å². The van der Waals surface area contributed by atoms with Crippen molar-refractivity contribution in [2.45, 2.75) is 43.9 Å². The minimum Gasteiger partial charge on any atom is -0.468 e. The van der Waals surface area contributed by atoms with E-state index in [1.165, 1.54) is 18.3 Å². The van der Waals surface area contributed by atoms with Crippen LogP contribution in [0.1, 0.15) is 36.0 Å². The van der Waals surface area contributed by atoms with E-state index in [0.29, 0.717) is 0 Å². The SMILES string of the molecule is Cl.NC1CCC(NC(=O)c2ccc(OCC(F)(F)F)nc2)CC1. The van der Waals surface area contributed by atoms with Gasteiger partial charge in [-0.2, -0.15) is 13.2 Å². The van der Waals surface area contributed by atoms with Gasteiger partial charge in [0.05, 0.1) is 5.56 Å². The highest BCUT2D eigenvalue weighted by Crippen LogP contribution is 2.19. The highest BCUT2D eigenvalue weighted by atomic mass is 35.5. The summed E-state index contributed by atoms with van der Waals surface area (Å²) < 4.78 is 40.5. The van der Waals surface area contributed by atoms with Crippen LogP contribution in [0.4, 0.5) is 13.2 Å². The molecular formula is C14H19ClF3N3O2. The molecule has 130 valence electrons. The van der Waals surface area contributed by atoms with E-state index in [9.17, 15) is 18.0 Å². The second-order valence-corrected chi connectivity index (χ2v) is 5.37. The number of halogens is 4. The molecule has 1 saturated carbocycles. The predicted octanol–water partition coefficient (Wildman–Crippen LogP) is 2.44. The van der Waals surface area contributed by atoms with E-state index >= 15 is 0 Å². The molecular weight excluding hydrogens is 335 g/mol. The van der Waals surface area contributed by atoms with Gasteiger partial charge in [0, 0.05) is 24.3 Å². The molecule has 0 unspecified atom stereocenters. The van der Waals surface area contributed by atoms with Crippen LogP contribution >= 0.6 is 12.4 Å². The van der Waals surface area contributed by atoms with Crippen LogP contribution in [0.2, 0.25) is 0 Å². The number of carbonyl (C=O) groups is 1. The first-order chi connectivity index (χ1) is 10.3. The van der Waals surface area contributed by atoms with Crippen molar-refractivity contribution in [2.75, 3.05) is 6.61 Å². The molecule has 0 aliphatic heterocycles. The van der Waals surface area contributed by atoms with E-state index < -0.39 is 12.8 Å². The lowest BCUT2D eigenvalue weighted by molar-refractivity contribution is -0.154. The number of hydrogen-bond acceptors (Lipinski definition) is 4. The molecule has 0 saturated heterocycles. The first-order valence-electron chi connectivity index (χ1n) is 7.05. The standard InChI is InChI=1S/C14H18F3N3O2.ClH/c15-14(16,17)8-22-12-6-1-9(7-19-12)13(21)20-11-4-2-10(18)3-5-11;/h1,6-7,10-11H,2-5,8,18H2,(H,20,21);1H. The summed E-state index contributed by atoms with van der Waals surface area (Å²) in [6.45, 7) is -1.41. The molecule has 5 nitrogen and oxygen atoms in total. The van der Waals surface area contributed by atoms with Crippen molar-refractivity contribution < 1.29 is 22.7 Å². The molecule has 1 fully saturated rings. The molecule has 0 atom stereocenters. The lowest BCUT2D eigenvalue weighted by Gasteiger charge is -2.26.